The van der Waals surface area contributed by atoms with Crippen molar-refractivity contribution in [1.29, 1.82) is 0 Å². The summed E-state index contributed by atoms with van der Waals surface area (Å²) >= 11 is 6.36. The first-order valence-corrected chi connectivity index (χ1v) is 10.5. The highest BCUT2D eigenvalue weighted by Crippen LogP contribution is 2.30. The van der Waals surface area contributed by atoms with Crippen LogP contribution in [-0.2, 0) is 16.1 Å². The Labute approximate surface area is 187 Å². The highest BCUT2D eigenvalue weighted by atomic mass is 35.5. The molecule has 1 aliphatic heterocycles. The van der Waals surface area contributed by atoms with Crippen LogP contribution in [0.3, 0.4) is 0 Å². The summed E-state index contributed by atoms with van der Waals surface area (Å²) in [6.07, 6.45) is 0. The van der Waals surface area contributed by atoms with Gasteiger partial charge in [-0.2, -0.15) is 0 Å². The maximum absolute atomic E-state index is 13.4. The third-order valence-electron chi connectivity index (χ3n) is 5.02. The minimum Gasteiger partial charge on any atom is -0.494 e. The molecule has 2 amide bonds. The number of carbonyl (C=O) groups excluding carboxylic acids is 2. The Bertz CT molecular complexity index is 921. The summed E-state index contributed by atoms with van der Waals surface area (Å²) in [7, 11) is 1.65. The first-order valence-electron chi connectivity index (χ1n) is 10.1. The second-order valence-corrected chi connectivity index (χ2v) is 7.48. The zero-order valence-electron chi connectivity index (χ0n) is 17.6. The fourth-order valence-electron chi connectivity index (χ4n) is 3.44. The van der Waals surface area contributed by atoms with E-state index in [4.69, 9.17) is 21.1 Å². The van der Waals surface area contributed by atoms with E-state index in [1.807, 2.05) is 24.3 Å². The lowest BCUT2D eigenvalue weighted by Crippen LogP contribution is -2.42. The van der Waals surface area contributed by atoms with E-state index in [-0.39, 0.29) is 30.0 Å². The van der Waals surface area contributed by atoms with Crippen molar-refractivity contribution in [2.75, 3.05) is 51.4 Å². The molecule has 2 aromatic rings. The number of hydrogen-bond donors (Lipinski definition) is 1. The summed E-state index contributed by atoms with van der Waals surface area (Å²) in [5.74, 6) is 0.0920. The summed E-state index contributed by atoms with van der Waals surface area (Å²) in [5, 5.41) is 3.52. The van der Waals surface area contributed by atoms with Crippen LogP contribution in [0.25, 0.3) is 0 Å². The largest absolute Gasteiger partial charge is 0.494 e. The molecule has 0 spiro atoms. The van der Waals surface area contributed by atoms with Gasteiger partial charge < -0.3 is 19.7 Å². The standard InChI is InChI=1S/C23H27ClN3O4/c1-3-31-18-8-9-19(20(24)14-18)23(29)27-16-22(28)26(12-10-25-11-13-30-2)15-17-6-4-5-7-21(17)27/h4-9,14,25H,1,3,10-13,15-16H2,2H3. The number of fused-ring (bicyclic) bond motifs is 1. The molecule has 165 valence electrons. The number of nitrogens with zero attached hydrogens (tertiary/aromatic N) is 2. The molecule has 0 saturated heterocycles. The van der Waals surface area contributed by atoms with Crippen molar-refractivity contribution in [3.05, 3.63) is 65.5 Å². The van der Waals surface area contributed by atoms with Crippen LogP contribution in [-0.4, -0.2) is 63.2 Å². The number of nitrogens with one attached hydrogen (secondary N) is 1. The number of halogens is 1. The van der Waals surface area contributed by atoms with Crippen molar-refractivity contribution in [2.45, 2.75) is 6.54 Å². The lowest BCUT2D eigenvalue weighted by atomic mass is 10.1. The Morgan fingerprint density at radius 3 is 2.74 bits per heavy atom. The van der Waals surface area contributed by atoms with Gasteiger partial charge in [0.15, 0.2) is 0 Å². The molecule has 0 aromatic heterocycles. The zero-order chi connectivity index (χ0) is 22.2. The van der Waals surface area contributed by atoms with Crippen molar-refractivity contribution < 1.29 is 19.1 Å². The molecule has 7 nitrogen and oxygen atoms in total. The van der Waals surface area contributed by atoms with Gasteiger partial charge in [-0.05, 0) is 36.8 Å². The normalized spacial score (nSPS) is 13.7. The van der Waals surface area contributed by atoms with Gasteiger partial charge in [-0.25, -0.2) is 0 Å². The number of rotatable bonds is 9. The van der Waals surface area contributed by atoms with Crippen LogP contribution in [0, 0.1) is 6.92 Å². The Morgan fingerprint density at radius 1 is 1.19 bits per heavy atom. The van der Waals surface area contributed by atoms with Crippen LogP contribution in [0.15, 0.2) is 42.5 Å². The van der Waals surface area contributed by atoms with E-state index in [1.54, 1.807) is 30.2 Å². The summed E-state index contributed by atoms with van der Waals surface area (Å²) < 4.78 is 10.4. The van der Waals surface area contributed by atoms with Crippen LogP contribution >= 0.6 is 11.6 Å². The summed E-state index contributed by atoms with van der Waals surface area (Å²) in [6, 6.07) is 12.4. The average molecular weight is 445 g/mol. The molecule has 1 aliphatic rings. The maximum atomic E-state index is 13.4. The molecule has 0 aliphatic carbocycles. The summed E-state index contributed by atoms with van der Waals surface area (Å²) in [6.45, 7) is 6.78. The van der Waals surface area contributed by atoms with E-state index < -0.39 is 0 Å². The van der Waals surface area contributed by atoms with Crippen molar-refractivity contribution in [1.82, 2.24) is 10.2 Å². The zero-order valence-corrected chi connectivity index (χ0v) is 18.4. The minimum absolute atomic E-state index is 0.0542. The van der Waals surface area contributed by atoms with E-state index in [0.717, 1.165) is 5.56 Å². The van der Waals surface area contributed by atoms with Crippen molar-refractivity contribution in [3.8, 4) is 5.75 Å². The average Bonchev–Trinajstić information content (AvgIpc) is 2.90. The number of anilines is 1. The third kappa shape index (κ3) is 5.76. The molecule has 1 N–H and O–H groups in total. The van der Waals surface area contributed by atoms with Crippen molar-refractivity contribution >= 4 is 29.1 Å². The Kier molecular flexibility index (Phi) is 8.28. The number of carbonyl (C=O) groups is 2. The molecule has 1 heterocycles. The number of para-hydroxylation sites is 1. The van der Waals surface area contributed by atoms with Crippen LogP contribution in [0.1, 0.15) is 15.9 Å². The smallest absolute Gasteiger partial charge is 0.260 e. The number of benzene rings is 2. The molecule has 31 heavy (non-hydrogen) atoms. The molecule has 3 rings (SSSR count). The highest BCUT2D eigenvalue weighted by molar-refractivity contribution is 6.34. The van der Waals surface area contributed by atoms with E-state index >= 15 is 0 Å². The predicted molar refractivity (Wildman–Crippen MR) is 121 cm³/mol. The minimum atomic E-state index is -0.327. The lowest BCUT2D eigenvalue weighted by molar-refractivity contribution is -0.130. The Balaban J connectivity index is 1.81. The molecule has 2 aromatic carbocycles. The topological polar surface area (TPSA) is 71.1 Å². The SMILES string of the molecule is [CH2]COc1ccc(C(=O)N2CC(=O)N(CCNCCOC)Cc3ccccc32)c(Cl)c1. The predicted octanol–water partition coefficient (Wildman–Crippen LogP) is 2.78. The first kappa shape index (κ1) is 23.1. The molecule has 0 bridgehead atoms. The first-order chi connectivity index (χ1) is 15.0. The number of ether oxygens (including phenoxy) is 2. The summed E-state index contributed by atoms with van der Waals surface area (Å²) in [4.78, 5) is 29.6. The molecule has 0 saturated carbocycles. The molecule has 0 unspecified atom stereocenters. The van der Waals surface area contributed by atoms with Gasteiger partial charge in [0, 0.05) is 39.0 Å². The molecule has 1 radical (unpaired) electrons. The second kappa shape index (κ2) is 11.1. The van der Waals surface area contributed by atoms with Gasteiger partial charge in [-0.15, -0.1) is 0 Å². The third-order valence-corrected chi connectivity index (χ3v) is 5.33. The number of hydrogen-bond acceptors (Lipinski definition) is 5. The van der Waals surface area contributed by atoms with E-state index in [1.165, 1.54) is 4.90 Å². The van der Waals surface area contributed by atoms with Crippen LogP contribution in [0.2, 0.25) is 5.02 Å². The van der Waals surface area contributed by atoms with Gasteiger partial charge in [-0.3, -0.25) is 14.5 Å². The Hall–Kier alpha value is -2.61. The van der Waals surface area contributed by atoms with Crippen LogP contribution in [0.4, 0.5) is 5.69 Å². The fraction of sp³-hybridized carbons (Fsp3) is 0.348. The number of amides is 2. The Morgan fingerprint density at radius 2 is 2.00 bits per heavy atom. The molecular formula is C23H27ClN3O4. The lowest BCUT2D eigenvalue weighted by Gasteiger charge is -2.23. The van der Waals surface area contributed by atoms with Crippen LogP contribution in [0.5, 0.6) is 5.75 Å². The van der Waals surface area contributed by atoms with Gasteiger partial charge in [0.25, 0.3) is 5.91 Å². The van der Waals surface area contributed by atoms with E-state index in [9.17, 15) is 9.59 Å². The van der Waals surface area contributed by atoms with Gasteiger partial charge in [0.2, 0.25) is 5.91 Å². The fourth-order valence-corrected chi connectivity index (χ4v) is 3.69. The van der Waals surface area contributed by atoms with E-state index in [2.05, 4.69) is 12.2 Å². The monoisotopic (exact) mass is 444 g/mol. The molecule has 0 fully saturated rings. The second-order valence-electron chi connectivity index (χ2n) is 7.07. The van der Waals surface area contributed by atoms with Gasteiger partial charge >= 0.3 is 0 Å². The van der Waals surface area contributed by atoms with Gasteiger partial charge in [-0.1, -0.05) is 29.8 Å². The molecule has 0 atom stereocenters. The van der Waals surface area contributed by atoms with E-state index in [0.29, 0.717) is 49.8 Å². The van der Waals surface area contributed by atoms with Crippen molar-refractivity contribution in [3.63, 3.8) is 0 Å². The molecular weight excluding hydrogens is 418 g/mol. The quantitative estimate of drug-likeness (QED) is 0.602. The van der Waals surface area contributed by atoms with Crippen LogP contribution < -0.4 is 15.0 Å². The maximum Gasteiger partial charge on any atom is 0.260 e. The molecule has 8 heteroatoms. The van der Waals surface area contributed by atoms with Gasteiger partial charge in [0.05, 0.1) is 23.8 Å². The number of methoxy groups -OCH3 is 1. The van der Waals surface area contributed by atoms with Crippen molar-refractivity contribution in [2.24, 2.45) is 0 Å². The van der Waals surface area contributed by atoms with Gasteiger partial charge in [0.1, 0.15) is 12.3 Å². The highest BCUT2D eigenvalue weighted by Gasteiger charge is 2.30. The summed E-state index contributed by atoms with van der Waals surface area (Å²) in [5.41, 5.74) is 1.94.